The number of hydrogen-bond acceptors (Lipinski definition) is 4. The number of aromatic carboxylic acids is 1. The number of carboxylic acids is 1. The Kier molecular flexibility index (Phi) is 4.23. The van der Waals surface area contributed by atoms with E-state index < -0.39 is 11.7 Å². The Morgan fingerprint density at radius 3 is 2.57 bits per heavy atom. The molecule has 2 N–H and O–H groups in total. The number of hydrogen-bond donors (Lipinski definition) is 2. The van der Waals surface area contributed by atoms with Crippen LogP contribution in [0.5, 0.6) is 11.5 Å². The number of phenols is 1. The van der Waals surface area contributed by atoms with Crippen LogP contribution in [0.3, 0.4) is 0 Å². The molecule has 0 radical (unpaired) electrons. The van der Waals surface area contributed by atoms with Gasteiger partial charge in [-0.3, -0.25) is 4.79 Å². The van der Waals surface area contributed by atoms with E-state index >= 15 is 0 Å². The van der Waals surface area contributed by atoms with Gasteiger partial charge in [0.05, 0.1) is 6.61 Å². The number of carbonyl (C=O) groups is 2. The molecule has 5 nitrogen and oxygen atoms in total. The minimum atomic E-state index is -1.26. The lowest BCUT2D eigenvalue weighted by Gasteiger charge is -2.14. The van der Waals surface area contributed by atoms with E-state index in [-0.39, 0.29) is 16.7 Å². The van der Waals surface area contributed by atoms with E-state index in [4.69, 9.17) is 9.84 Å². The van der Waals surface area contributed by atoms with Crippen molar-refractivity contribution >= 4 is 12.3 Å². The molecule has 0 aliphatic rings. The van der Waals surface area contributed by atoms with Gasteiger partial charge in [0.25, 0.3) is 0 Å². The van der Waals surface area contributed by atoms with E-state index in [1.165, 1.54) is 12.1 Å². The van der Waals surface area contributed by atoms with E-state index in [2.05, 4.69) is 0 Å². The number of rotatable bonds is 5. The molecule has 0 amide bonds. The summed E-state index contributed by atoms with van der Waals surface area (Å²) < 4.78 is 5.47. The Morgan fingerprint density at radius 1 is 1.24 bits per heavy atom. The Labute approximate surface area is 121 Å². The lowest BCUT2D eigenvalue weighted by atomic mass is 9.95. The second-order valence-corrected chi connectivity index (χ2v) is 4.28. The standard InChI is InChI=1S/C16H14O5/c1-2-21-13-6-4-3-5-11(13)14-10(9-17)7-8-12(15(14)18)16(19)20/h3-9,18H,2H2,1H3,(H,19,20). The predicted molar refractivity (Wildman–Crippen MR) is 77.1 cm³/mol. The normalized spacial score (nSPS) is 10.1. The van der Waals surface area contributed by atoms with Crippen molar-refractivity contribution in [3.8, 4) is 22.6 Å². The summed E-state index contributed by atoms with van der Waals surface area (Å²) in [5.41, 5.74) is 0.572. The maximum atomic E-state index is 11.2. The summed E-state index contributed by atoms with van der Waals surface area (Å²) in [4.78, 5) is 22.3. The molecule has 5 heteroatoms. The second-order valence-electron chi connectivity index (χ2n) is 4.28. The first-order valence-electron chi connectivity index (χ1n) is 6.36. The van der Waals surface area contributed by atoms with Crippen molar-refractivity contribution in [3.05, 3.63) is 47.5 Å². The van der Waals surface area contributed by atoms with Crippen LogP contribution in [0.25, 0.3) is 11.1 Å². The lowest BCUT2D eigenvalue weighted by Crippen LogP contribution is -2.01. The number of benzene rings is 2. The third-order valence-electron chi connectivity index (χ3n) is 3.02. The van der Waals surface area contributed by atoms with Crippen molar-refractivity contribution in [2.75, 3.05) is 6.61 Å². The molecule has 108 valence electrons. The number of carboxylic acid groups (broad SMARTS) is 1. The average molecular weight is 286 g/mol. The van der Waals surface area contributed by atoms with Gasteiger partial charge in [-0.05, 0) is 25.1 Å². The molecule has 0 fully saturated rings. The van der Waals surface area contributed by atoms with Gasteiger partial charge >= 0.3 is 5.97 Å². The lowest BCUT2D eigenvalue weighted by molar-refractivity contribution is 0.0693. The van der Waals surface area contributed by atoms with Crippen LogP contribution in [0.1, 0.15) is 27.6 Å². The molecular weight excluding hydrogens is 272 g/mol. The topological polar surface area (TPSA) is 83.8 Å². The van der Waals surface area contributed by atoms with Crippen LogP contribution in [0, 0.1) is 0 Å². The molecule has 2 rings (SSSR count). The molecule has 0 aromatic heterocycles. The van der Waals surface area contributed by atoms with Crippen LogP contribution in [-0.2, 0) is 0 Å². The highest BCUT2D eigenvalue weighted by molar-refractivity contribution is 6.00. The Bertz CT molecular complexity index is 691. The first-order valence-corrected chi connectivity index (χ1v) is 6.36. The molecule has 0 atom stereocenters. The van der Waals surface area contributed by atoms with Crippen molar-refractivity contribution in [1.82, 2.24) is 0 Å². The van der Waals surface area contributed by atoms with Crippen molar-refractivity contribution in [2.45, 2.75) is 6.92 Å². The number of para-hydroxylation sites is 1. The van der Waals surface area contributed by atoms with Crippen LogP contribution in [0.4, 0.5) is 0 Å². The molecule has 0 saturated heterocycles. The highest BCUT2D eigenvalue weighted by Gasteiger charge is 2.20. The van der Waals surface area contributed by atoms with Gasteiger partial charge in [-0.1, -0.05) is 18.2 Å². The highest BCUT2D eigenvalue weighted by Crippen LogP contribution is 2.39. The van der Waals surface area contributed by atoms with Gasteiger partial charge in [0.15, 0.2) is 6.29 Å². The fourth-order valence-electron chi connectivity index (χ4n) is 2.12. The van der Waals surface area contributed by atoms with Crippen LogP contribution in [0.15, 0.2) is 36.4 Å². The first-order chi connectivity index (χ1) is 10.1. The van der Waals surface area contributed by atoms with E-state index in [1.54, 1.807) is 24.3 Å². The molecule has 2 aromatic rings. The van der Waals surface area contributed by atoms with Gasteiger partial charge in [-0.25, -0.2) is 4.79 Å². The monoisotopic (exact) mass is 286 g/mol. The van der Waals surface area contributed by atoms with Crippen LogP contribution in [0.2, 0.25) is 0 Å². The molecular formula is C16H14O5. The molecule has 0 aliphatic carbocycles. The van der Waals surface area contributed by atoms with E-state index in [1.807, 2.05) is 6.92 Å². The van der Waals surface area contributed by atoms with Gasteiger partial charge in [-0.2, -0.15) is 0 Å². The summed E-state index contributed by atoms with van der Waals surface area (Å²) in [5.74, 6) is -1.24. The van der Waals surface area contributed by atoms with Gasteiger partial charge in [0, 0.05) is 16.7 Å². The second kappa shape index (κ2) is 6.09. The highest BCUT2D eigenvalue weighted by atomic mass is 16.5. The molecule has 0 aliphatic heterocycles. The van der Waals surface area contributed by atoms with Crippen molar-refractivity contribution in [1.29, 1.82) is 0 Å². The van der Waals surface area contributed by atoms with E-state index in [9.17, 15) is 14.7 Å². The van der Waals surface area contributed by atoms with Gasteiger partial charge < -0.3 is 14.9 Å². The molecule has 0 saturated carbocycles. The molecule has 0 spiro atoms. The van der Waals surface area contributed by atoms with E-state index in [0.717, 1.165) is 0 Å². The summed E-state index contributed by atoms with van der Waals surface area (Å²) in [6, 6.07) is 9.41. The summed E-state index contributed by atoms with van der Waals surface area (Å²) in [6.45, 7) is 2.22. The van der Waals surface area contributed by atoms with Crippen molar-refractivity contribution < 1.29 is 24.5 Å². The molecule has 2 aromatic carbocycles. The van der Waals surface area contributed by atoms with Crippen molar-refractivity contribution in [2.24, 2.45) is 0 Å². The van der Waals surface area contributed by atoms with Gasteiger partial charge in [0.1, 0.15) is 17.1 Å². The molecule has 0 bridgehead atoms. The maximum Gasteiger partial charge on any atom is 0.339 e. The molecule has 0 heterocycles. The summed E-state index contributed by atoms with van der Waals surface area (Å²) >= 11 is 0. The van der Waals surface area contributed by atoms with Crippen LogP contribution in [-0.4, -0.2) is 29.1 Å². The third-order valence-corrected chi connectivity index (χ3v) is 3.02. The third kappa shape index (κ3) is 2.72. The smallest absolute Gasteiger partial charge is 0.339 e. The van der Waals surface area contributed by atoms with Crippen LogP contribution < -0.4 is 4.74 Å². The number of aldehydes is 1. The quantitative estimate of drug-likeness (QED) is 0.825. The summed E-state index contributed by atoms with van der Waals surface area (Å²) in [5, 5.41) is 19.3. The number of carbonyl (C=O) groups excluding carboxylic acids is 1. The van der Waals surface area contributed by atoms with Crippen LogP contribution >= 0.6 is 0 Å². The summed E-state index contributed by atoms with van der Waals surface area (Å²) in [6.07, 6.45) is 0.573. The van der Waals surface area contributed by atoms with E-state index in [0.29, 0.717) is 24.2 Å². The Hall–Kier alpha value is -2.82. The molecule has 0 unspecified atom stereocenters. The zero-order chi connectivity index (χ0) is 15.4. The SMILES string of the molecule is CCOc1ccccc1-c1c(C=O)ccc(C(=O)O)c1O. The zero-order valence-electron chi connectivity index (χ0n) is 11.4. The largest absolute Gasteiger partial charge is 0.506 e. The minimum absolute atomic E-state index is 0.161. The Balaban J connectivity index is 2.76. The summed E-state index contributed by atoms with van der Waals surface area (Å²) in [7, 11) is 0. The maximum absolute atomic E-state index is 11.2. The number of ether oxygens (including phenoxy) is 1. The fourth-order valence-corrected chi connectivity index (χ4v) is 2.12. The Morgan fingerprint density at radius 2 is 1.95 bits per heavy atom. The van der Waals surface area contributed by atoms with Gasteiger partial charge in [-0.15, -0.1) is 0 Å². The first kappa shape index (κ1) is 14.6. The van der Waals surface area contributed by atoms with Gasteiger partial charge in [0.2, 0.25) is 0 Å². The van der Waals surface area contributed by atoms with Crippen molar-refractivity contribution in [3.63, 3.8) is 0 Å². The average Bonchev–Trinajstić information content (AvgIpc) is 2.47. The predicted octanol–water partition coefficient (Wildman–Crippen LogP) is 2.97. The molecule has 21 heavy (non-hydrogen) atoms. The minimum Gasteiger partial charge on any atom is -0.506 e. The fraction of sp³-hybridized carbons (Fsp3) is 0.125. The number of aromatic hydroxyl groups is 1. The zero-order valence-corrected chi connectivity index (χ0v) is 11.4.